The van der Waals surface area contributed by atoms with Crippen LogP contribution in [0.15, 0.2) is 18.2 Å². The molecule has 1 saturated heterocycles. The van der Waals surface area contributed by atoms with Gasteiger partial charge in [0.25, 0.3) is 0 Å². The molecule has 0 aromatic heterocycles. The van der Waals surface area contributed by atoms with Gasteiger partial charge in [0.1, 0.15) is 5.82 Å². The van der Waals surface area contributed by atoms with E-state index < -0.39 is 0 Å². The number of nitrogens with two attached hydrogens (primary N) is 1. The van der Waals surface area contributed by atoms with Crippen LogP contribution in [0.4, 0.5) is 4.39 Å². The van der Waals surface area contributed by atoms with E-state index in [9.17, 15) is 4.39 Å². The van der Waals surface area contributed by atoms with Crippen molar-refractivity contribution in [3.63, 3.8) is 0 Å². The standard InChI is InChI=1S/C17H26ClFN2/c1-3-17(2,21-10-5-4-6-11-21)15(20)12-13-8-7-9-14(19)16(13)18/h7-9,15H,3-6,10-12,20H2,1-2H3. The molecule has 1 aliphatic heterocycles. The monoisotopic (exact) mass is 312 g/mol. The molecule has 4 heteroatoms. The Bertz CT molecular complexity index is 474. The van der Waals surface area contributed by atoms with Crippen molar-refractivity contribution in [1.82, 2.24) is 4.90 Å². The van der Waals surface area contributed by atoms with E-state index in [-0.39, 0.29) is 22.4 Å². The maximum atomic E-state index is 13.6. The fourth-order valence-electron chi connectivity index (χ4n) is 3.29. The summed E-state index contributed by atoms with van der Waals surface area (Å²) in [5, 5.41) is 0.213. The van der Waals surface area contributed by atoms with Crippen molar-refractivity contribution in [3.8, 4) is 0 Å². The normalized spacial score (nSPS) is 21.0. The Morgan fingerprint density at radius 3 is 2.62 bits per heavy atom. The number of likely N-dealkylation sites (tertiary alicyclic amines) is 1. The molecule has 2 nitrogen and oxygen atoms in total. The lowest BCUT2D eigenvalue weighted by Crippen LogP contribution is -2.59. The van der Waals surface area contributed by atoms with Crippen molar-refractivity contribution in [2.24, 2.45) is 5.73 Å². The van der Waals surface area contributed by atoms with Gasteiger partial charge in [-0.3, -0.25) is 4.90 Å². The quantitative estimate of drug-likeness (QED) is 0.890. The molecule has 1 heterocycles. The van der Waals surface area contributed by atoms with Crippen LogP contribution in [0.1, 0.15) is 45.1 Å². The molecule has 2 rings (SSSR count). The molecule has 1 aliphatic rings. The molecular weight excluding hydrogens is 287 g/mol. The highest BCUT2D eigenvalue weighted by atomic mass is 35.5. The summed E-state index contributed by atoms with van der Waals surface area (Å²) in [7, 11) is 0. The summed E-state index contributed by atoms with van der Waals surface area (Å²) >= 11 is 6.07. The van der Waals surface area contributed by atoms with Gasteiger partial charge in [0.15, 0.2) is 0 Å². The summed E-state index contributed by atoms with van der Waals surface area (Å²) < 4.78 is 13.6. The molecule has 0 saturated carbocycles. The molecule has 1 aromatic rings. The van der Waals surface area contributed by atoms with Gasteiger partial charge in [-0.1, -0.05) is 37.1 Å². The van der Waals surface area contributed by atoms with E-state index >= 15 is 0 Å². The van der Waals surface area contributed by atoms with Gasteiger partial charge in [0.2, 0.25) is 0 Å². The van der Waals surface area contributed by atoms with Crippen molar-refractivity contribution >= 4 is 11.6 Å². The number of benzene rings is 1. The summed E-state index contributed by atoms with van der Waals surface area (Å²) in [6, 6.07) is 4.91. The minimum Gasteiger partial charge on any atom is -0.326 e. The molecule has 0 aliphatic carbocycles. The van der Waals surface area contributed by atoms with Gasteiger partial charge in [0, 0.05) is 11.6 Å². The highest BCUT2D eigenvalue weighted by Crippen LogP contribution is 2.30. The first-order valence-corrected chi connectivity index (χ1v) is 8.30. The molecule has 118 valence electrons. The zero-order chi connectivity index (χ0) is 15.5. The number of nitrogens with zero attached hydrogens (tertiary/aromatic N) is 1. The summed E-state index contributed by atoms with van der Waals surface area (Å²) in [5.74, 6) is -0.363. The van der Waals surface area contributed by atoms with Crippen LogP contribution >= 0.6 is 11.6 Å². The lowest BCUT2D eigenvalue weighted by atomic mass is 9.83. The van der Waals surface area contributed by atoms with Crippen LogP contribution in [-0.2, 0) is 6.42 Å². The fraction of sp³-hybridized carbons (Fsp3) is 0.647. The summed E-state index contributed by atoms with van der Waals surface area (Å²) in [6.45, 7) is 6.63. The first kappa shape index (κ1) is 16.7. The second-order valence-corrected chi connectivity index (χ2v) is 6.66. The van der Waals surface area contributed by atoms with Gasteiger partial charge in [-0.2, -0.15) is 0 Å². The fourth-order valence-corrected chi connectivity index (χ4v) is 3.49. The highest BCUT2D eigenvalue weighted by Gasteiger charge is 2.36. The summed E-state index contributed by atoms with van der Waals surface area (Å²) in [5.41, 5.74) is 7.27. The predicted molar refractivity (Wildman–Crippen MR) is 87.2 cm³/mol. The number of hydrogen-bond acceptors (Lipinski definition) is 2. The van der Waals surface area contributed by atoms with E-state index in [1.165, 1.54) is 25.3 Å². The summed E-state index contributed by atoms with van der Waals surface area (Å²) in [6.07, 6.45) is 5.38. The lowest BCUT2D eigenvalue weighted by Gasteiger charge is -2.47. The molecular formula is C17H26ClFN2. The Morgan fingerprint density at radius 1 is 1.33 bits per heavy atom. The molecule has 21 heavy (non-hydrogen) atoms. The number of halogens is 2. The zero-order valence-corrected chi connectivity index (χ0v) is 13.8. The minimum atomic E-state index is -0.363. The third kappa shape index (κ3) is 3.58. The topological polar surface area (TPSA) is 29.3 Å². The molecule has 0 bridgehead atoms. The van der Waals surface area contributed by atoms with Gasteiger partial charge in [-0.25, -0.2) is 4.39 Å². The molecule has 0 spiro atoms. The Kier molecular flexibility index (Phi) is 5.64. The van der Waals surface area contributed by atoms with Crippen LogP contribution in [0.3, 0.4) is 0 Å². The van der Waals surface area contributed by atoms with Gasteiger partial charge in [0.05, 0.1) is 5.02 Å². The van der Waals surface area contributed by atoms with Crippen LogP contribution in [0.2, 0.25) is 5.02 Å². The number of piperidine rings is 1. The van der Waals surface area contributed by atoms with Crippen molar-refractivity contribution in [2.45, 2.75) is 57.5 Å². The van der Waals surface area contributed by atoms with Crippen LogP contribution < -0.4 is 5.73 Å². The molecule has 0 amide bonds. The van der Waals surface area contributed by atoms with Crippen molar-refractivity contribution in [3.05, 3.63) is 34.6 Å². The van der Waals surface area contributed by atoms with Crippen LogP contribution in [0.25, 0.3) is 0 Å². The molecule has 1 aromatic carbocycles. The van der Waals surface area contributed by atoms with Gasteiger partial charge < -0.3 is 5.73 Å². The Balaban J connectivity index is 2.15. The van der Waals surface area contributed by atoms with E-state index in [1.807, 2.05) is 6.07 Å². The minimum absolute atomic E-state index is 0.0556. The Morgan fingerprint density at radius 2 is 2.00 bits per heavy atom. The van der Waals surface area contributed by atoms with E-state index in [4.69, 9.17) is 17.3 Å². The van der Waals surface area contributed by atoms with E-state index in [0.717, 1.165) is 25.1 Å². The van der Waals surface area contributed by atoms with Gasteiger partial charge in [-0.05, 0) is 57.3 Å². The maximum Gasteiger partial charge on any atom is 0.142 e. The SMILES string of the molecule is CCC(C)(C(N)Cc1cccc(F)c1Cl)N1CCCCC1. The van der Waals surface area contributed by atoms with Crippen LogP contribution in [0.5, 0.6) is 0 Å². The molecule has 1 fully saturated rings. The highest BCUT2D eigenvalue weighted by molar-refractivity contribution is 6.31. The number of rotatable bonds is 5. The first-order chi connectivity index (χ1) is 9.99. The molecule has 2 atom stereocenters. The second-order valence-electron chi connectivity index (χ2n) is 6.28. The Labute approximate surface area is 132 Å². The smallest absolute Gasteiger partial charge is 0.142 e. The van der Waals surface area contributed by atoms with Crippen LogP contribution in [0, 0.1) is 5.82 Å². The summed E-state index contributed by atoms with van der Waals surface area (Å²) in [4.78, 5) is 2.51. The van der Waals surface area contributed by atoms with Crippen LogP contribution in [-0.4, -0.2) is 29.6 Å². The maximum absolute atomic E-state index is 13.6. The average Bonchev–Trinajstić information content (AvgIpc) is 2.51. The average molecular weight is 313 g/mol. The first-order valence-electron chi connectivity index (χ1n) is 7.92. The van der Waals surface area contributed by atoms with Gasteiger partial charge in [-0.15, -0.1) is 0 Å². The van der Waals surface area contributed by atoms with E-state index in [1.54, 1.807) is 6.07 Å². The molecule has 2 N–H and O–H groups in total. The molecule has 0 radical (unpaired) electrons. The third-order valence-electron chi connectivity index (χ3n) is 5.06. The number of hydrogen-bond donors (Lipinski definition) is 1. The van der Waals surface area contributed by atoms with Crippen molar-refractivity contribution < 1.29 is 4.39 Å². The lowest BCUT2D eigenvalue weighted by molar-refractivity contribution is 0.0546. The van der Waals surface area contributed by atoms with E-state index in [0.29, 0.717) is 6.42 Å². The van der Waals surface area contributed by atoms with Crippen molar-refractivity contribution in [1.29, 1.82) is 0 Å². The second kappa shape index (κ2) is 7.08. The predicted octanol–water partition coefficient (Wildman–Crippen LogP) is 4.00. The zero-order valence-electron chi connectivity index (χ0n) is 13.0. The third-order valence-corrected chi connectivity index (χ3v) is 5.49. The molecule has 2 unspecified atom stereocenters. The Hall–Kier alpha value is -0.640. The van der Waals surface area contributed by atoms with Gasteiger partial charge >= 0.3 is 0 Å². The van der Waals surface area contributed by atoms with E-state index in [2.05, 4.69) is 18.7 Å². The van der Waals surface area contributed by atoms with Crippen molar-refractivity contribution in [2.75, 3.05) is 13.1 Å². The largest absolute Gasteiger partial charge is 0.326 e.